The minimum atomic E-state index is -4.54. The number of fused-ring (bicyclic) bond motifs is 1. The van der Waals surface area contributed by atoms with Crippen LogP contribution in [0.4, 0.5) is 24.7 Å². The Morgan fingerprint density at radius 3 is 2.75 bits per heavy atom. The Kier molecular flexibility index (Phi) is 4.54. The number of nitrogens with zero attached hydrogens (tertiary/aromatic N) is 2. The molecule has 0 aliphatic carbocycles. The molecule has 10 heteroatoms. The van der Waals surface area contributed by atoms with E-state index in [2.05, 4.69) is 15.7 Å². The van der Waals surface area contributed by atoms with E-state index in [4.69, 9.17) is 16.0 Å². The normalized spacial score (nSPS) is 19.0. The first-order valence-corrected chi connectivity index (χ1v) is 8.72. The second kappa shape index (κ2) is 6.90. The number of aromatic nitrogens is 2. The minimum Gasteiger partial charge on any atom is -0.467 e. The van der Waals surface area contributed by atoms with Crippen molar-refractivity contribution in [1.82, 2.24) is 9.78 Å². The third-order valence-corrected chi connectivity index (χ3v) is 4.82. The Morgan fingerprint density at radius 1 is 1.29 bits per heavy atom. The summed E-state index contributed by atoms with van der Waals surface area (Å²) in [5.74, 6) is -0.304. The van der Waals surface area contributed by atoms with E-state index in [0.717, 1.165) is 10.9 Å². The first-order chi connectivity index (χ1) is 13.3. The number of carbonyl (C=O) groups excluding carboxylic acids is 1. The number of benzene rings is 1. The number of para-hydroxylation sites is 1. The van der Waals surface area contributed by atoms with Gasteiger partial charge in [-0.15, -0.1) is 0 Å². The van der Waals surface area contributed by atoms with Gasteiger partial charge >= 0.3 is 6.18 Å². The molecule has 28 heavy (non-hydrogen) atoms. The number of hydrogen-bond donors (Lipinski definition) is 2. The van der Waals surface area contributed by atoms with E-state index in [1.807, 2.05) is 0 Å². The van der Waals surface area contributed by atoms with E-state index in [-0.39, 0.29) is 17.8 Å². The van der Waals surface area contributed by atoms with Crippen LogP contribution in [0.3, 0.4) is 0 Å². The highest BCUT2D eigenvalue weighted by Crippen LogP contribution is 2.44. The van der Waals surface area contributed by atoms with Crippen LogP contribution in [0.2, 0.25) is 5.02 Å². The number of furan rings is 1. The number of nitrogens with one attached hydrogen (secondary N) is 2. The van der Waals surface area contributed by atoms with Crippen molar-refractivity contribution >= 4 is 29.0 Å². The minimum absolute atomic E-state index is 0.0228. The van der Waals surface area contributed by atoms with Crippen molar-refractivity contribution < 1.29 is 22.4 Å². The SMILES string of the molecule is O=C(Nc1ccccc1Cl)c1cnn2c1N[C@H](c1ccco1)C[C@H]2C(F)(F)F. The van der Waals surface area contributed by atoms with Gasteiger partial charge in [-0.25, -0.2) is 4.68 Å². The van der Waals surface area contributed by atoms with Crippen LogP contribution in [-0.4, -0.2) is 21.9 Å². The predicted octanol–water partition coefficient (Wildman–Crippen LogP) is 5.04. The number of amides is 1. The van der Waals surface area contributed by atoms with Crippen LogP contribution in [0.1, 0.15) is 34.6 Å². The van der Waals surface area contributed by atoms with Gasteiger partial charge in [-0.2, -0.15) is 18.3 Å². The molecular weight excluding hydrogens is 397 g/mol. The van der Waals surface area contributed by atoms with Gasteiger partial charge in [0.25, 0.3) is 5.91 Å². The summed E-state index contributed by atoms with van der Waals surface area (Å²) in [6.45, 7) is 0. The Hall–Kier alpha value is -2.94. The quantitative estimate of drug-likeness (QED) is 0.634. The highest BCUT2D eigenvalue weighted by molar-refractivity contribution is 6.34. The lowest BCUT2D eigenvalue weighted by molar-refractivity contribution is -0.174. The molecule has 1 aliphatic heterocycles. The van der Waals surface area contributed by atoms with Crippen molar-refractivity contribution in [3.05, 3.63) is 65.2 Å². The maximum absolute atomic E-state index is 13.6. The fraction of sp³-hybridized carbons (Fsp3) is 0.222. The molecule has 3 heterocycles. The number of rotatable bonds is 3. The summed E-state index contributed by atoms with van der Waals surface area (Å²) in [4.78, 5) is 12.7. The summed E-state index contributed by atoms with van der Waals surface area (Å²) in [6, 6.07) is 7.10. The molecule has 6 nitrogen and oxygen atoms in total. The number of anilines is 2. The van der Waals surface area contributed by atoms with Crippen LogP contribution < -0.4 is 10.6 Å². The third-order valence-electron chi connectivity index (χ3n) is 4.49. The molecule has 3 aromatic rings. The lowest BCUT2D eigenvalue weighted by Gasteiger charge is -2.32. The van der Waals surface area contributed by atoms with Crippen LogP contribution in [0, 0.1) is 0 Å². The molecular formula is C18H14ClF3N4O2. The Labute approximate surface area is 162 Å². The maximum Gasteiger partial charge on any atom is 0.410 e. The third kappa shape index (κ3) is 3.33. The highest BCUT2D eigenvalue weighted by atomic mass is 35.5. The first-order valence-electron chi connectivity index (χ1n) is 8.34. The van der Waals surface area contributed by atoms with Gasteiger partial charge < -0.3 is 15.1 Å². The Morgan fingerprint density at radius 2 is 2.07 bits per heavy atom. The van der Waals surface area contributed by atoms with Crippen LogP contribution in [0.5, 0.6) is 0 Å². The number of halogens is 4. The molecule has 0 radical (unpaired) electrons. The molecule has 0 saturated heterocycles. The average molecular weight is 411 g/mol. The van der Waals surface area contributed by atoms with Crippen LogP contribution in [0.15, 0.2) is 53.3 Å². The van der Waals surface area contributed by atoms with Crippen LogP contribution >= 0.6 is 11.6 Å². The van der Waals surface area contributed by atoms with Crippen molar-refractivity contribution in [2.75, 3.05) is 10.6 Å². The van der Waals surface area contributed by atoms with E-state index in [0.29, 0.717) is 16.5 Å². The number of alkyl halides is 3. The fourth-order valence-corrected chi connectivity index (χ4v) is 3.34. The summed E-state index contributed by atoms with van der Waals surface area (Å²) in [6.07, 6.45) is -2.35. The molecule has 2 aromatic heterocycles. The molecule has 1 aliphatic rings. The van der Waals surface area contributed by atoms with E-state index in [1.54, 1.807) is 36.4 Å². The van der Waals surface area contributed by atoms with Crippen LogP contribution in [0.25, 0.3) is 0 Å². The smallest absolute Gasteiger partial charge is 0.410 e. The van der Waals surface area contributed by atoms with Crippen molar-refractivity contribution in [2.45, 2.75) is 24.7 Å². The van der Waals surface area contributed by atoms with Crippen molar-refractivity contribution in [3.63, 3.8) is 0 Å². The van der Waals surface area contributed by atoms with Gasteiger partial charge in [-0.1, -0.05) is 23.7 Å². The first kappa shape index (κ1) is 18.4. The maximum atomic E-state index is 13.6. The van der Waals surface area contributed by atoms with E-state index < -0.39 is 24.2 Å². The molecule has 0 saturated carbocycles. The summed E-state index contributed by atoms with van der Waals surface area (Å²) in [7, 11) is 0. The molecule has 1 amide bonds. The zero-order valence-corrected chi connectivity index (χ0v) is 15.0. The second-order valence-corrected chi connectivity index (χ2v) is 6.70. The summed E-state index contributed by atoms with van der Waals surface area (Å²) in [5.41, 5.74) is 0.324. The van der Waals surface area contributed by atoms with E-state index in [9.17, 15) is 18.0 Å². The monoisotopic (exact) mass is 410 g/mol. The molecule has 146 valence electrons. The van der Waals surface area contributed by atoms with Gasteiger partial charge in [0.2, 0.25) is 0 Å². The topological polar surface area (TPSA) is 72.1 Å². The molecule has 2 N–H and O–H groups in total. The molecule has 0 bridgehead atoms. The van der Waals surface area contributed by atoms with Gasteiger partial charge in [-0.3, -0.25) is 4.79 Å². The summed E-state index contributed by atoms with van der Waals surface area (Å²) in [5, 5.41) is 9.67. The Balaban J connectivity index is 1.70. The van der Waals surface area contributed by atoms with Gasteiger partial charge in [-0.05, 0) is 24.3 Å². The highest BCUT2D eigenvalue weighted by Gasteiger charge is 2.47. The predicted molar refractivity (Wildman–Crippen MR) is 96.4 cm³/mol. The van der Waals surface area contributed by atoms with Crippen molar-refractivity contribution in [3.8, 4) is 0 Å². The number of hydrogen-bond acceptors (Lipinski definition) is 4. The van der Waals surface area contributed by atoms with Crippen molar-refractivity contribution in [2.24, 2.45) is 0 Å². The van der Waals surface area contributed by atoms with E-state index >= 15 is 0 Å². The molecule has 1 aromatic carbocycles. The van der Waals surface area contributed by atoms with Gasteiger partial charge in [0.15, 0.2) is 6.04 Å². The summed E-state index contributed by atoms with van der Waals surface area (Å²) < 4.78 is 46.9. The van der Waals surface area contributed by atoms with E-state index in [1.165, 1.54) is 6.26 Å². The van der Waals surface area contributed by atoms with Crippen molar-refractivity contribution in [1.29, 1.82) is 0 Å². The summed E-state index contributed by atoms with van der Waals surface area (Å²) >= 11 is 6.03. The fourth-order valence-electron chi connectivity index (χ4n) is 3.16. The number of carbonyl (C=O) groups is 1. The average Bonchev–Trinajstić information content (AvgIpc) is 3.31. The van der Waals surface area contributed by atoms with Gasteiger partial charge in [0.05, 0.1) is 29.2 Å². The Bertz CT molecular complexity index is 1000. The van der Waals surface area contributed by atoms with Gasteiger partial charge in [0, 0.05) is 6.42 Å². The molecule has 0 fully saturated rings. The zero-order valence-electron chi connectivity index (χ0n) is 14.2. The largest absolute Gasteiger partial charge is 0.467 e. The standard InChI is InChI=1S/C18H14ClF3N4O2/c19-11-4-1-2-5-12(11)25-17(27)10-9-23-26-15(18(20,21)22)8-13(24-16(10)26)14-6-3-7-28-14/h1-7,9,13,15,24H,8H2,(H,25,27)/t13-,15-/m0/s1. The molecule has 0 unspecified atom stereocenters. The lowest BCUT2D eigenvalue weighted by Crippen LogP contribution is -2.36. The zero-order chi connectivity index (χ0) is 19.9. The molecule has 0 spiro atoms. The lowest BCUT2D eigenvalue weighted by atomic mass is 10.0. The molecule has 4 rings (SSSR count). The second-order valence-electron chi connectivity index (χ2n) is 6.29. The van der Waals surface area contributed by atoms with Crippen LogP contribution in [-0.2, 0) is 0 Å². The molecule has 2 atom stereocenters. The van der Waals surface area contributed by atoms with Gasteiger partial charge in [0.1, 0.15) is 17.1 Å².